The molecule has 218 valence electrons. The van der Waals surface area contributed by atoms with Crippen LogP contribution in [0.3, 0.4) is 0 Å². The smallest absolute Gasteiger partial charge is 0.247 e. The molecule has 0 saturated heterocycles. The number of aryl methyl sites for hydroxylation is 1. The molecule has 1 N–H and O–H groups in total. The van der Waals surface area contributed by atoms with Crippen molar-refractivity contribution in [2.24, 2.45) is 0 Å². The average Bonchev–Trinajstić information content (AvgIpc) is 2.98. The second-order valence-electron chi connectivity index (χ2n) is 11.2. The first kappa shape index (κ1) is 30.0. The van der Waals surface area contributed by atoms with Crippen LogP contribution in [0.4, 0.5) is 10.1 Å². The summed E-state index contributed by atoms with van der Waals surface area (Å²) in [4.78, 5) is 34.3. The summed E-state index contributed by atoms with van der Waals surface area (Å²) in [6.07, 6.45) is 8.57. The first-order chi connectivity index (χ1) is 19.5. The number of fused-ring (bicyclic) bond motifs is 1. The molecule has 0 radical (unpaired) electrons. The third-order valence-electron chi connectivity index (χ3n) is 8.59. The Kier molecular flexibility index (Phi) is 11.4. The minimum Gasteiger partial charge on any atom is -0.371 e. The molecule has 1 aliphatic carbocycles. The largest absolute Gasteiger partial charge is 0.371 e. The summed E-state index contributed by atoms with van der Waals surface area (Å²) in [5, 5.41) is 3.26. The minimum absolute atomic E-state index is 0.0317. The van der Waals surface area contributed by atoms with Crippen LogP contribution < -0.4 is 10.2 Å². The number of carbonyl (C=O) groups is 2. The predicted octanol–water partition coefficient (Wildman–Crippen LogP) is 5.72. The van der Waals surface area contributed by atoms with Gasteiger partial charge in [-0.1, -0.05) is 63.4 Å². The van der Waals surface area contributed by atoms with Gasteiger partial charge in [-0.2, -0.15) is 0 Å². The lowest BCUT2D eigenvalue weighted by Crippen LogP contribution is -2.48. The molecular weight excluding hydrogens is 503 g/mol. The molecule has 1 aliphatic heterocycles. The minimum atomic E-state index is -0.777. The summed E-state index contributed by atoms with van der Waals surface area (Å²) in [5.41, 5.74) is 3.20. The maximum atomic E-state index is 14.0. The van der Waals surface area contributed by atoms with Crippen molar-refractivity contribution in [1.82, 2.24) is 15.1 Å². The zero-order valence-electron chi connectivity index (χ0n) is 24.4. The number of anilines is 1. The van der Waals surface area contributed by atoms with E-state index in [1.165, 1.54) is 29.8 Å². The Morgan fingerprint density at radius 2 is 1.70 bits per heavy atom. The van der Waals surface area contributed by atoms with E-state index in [0.29, 0.717) is 25.1 Å². The van der Waals surface area contributed by atoms with Crippen LogP contribution in [-0.4, -0.2) is 66.9 Å². The third kappa shape index (κ3) is 8.06. The number of amides is 2. The summed E-state index contributed by atoms with van der Waals surface area (Å²) >= 11 is 0. The second kappa shape index (κ2) is 15.2. The molecule has 7 heteroatoms. The Morgan fingerprint density at radius 3 is 2.42 bits per heavy atom. The van der Waals surface area contributed by atoms with E-state index in [-0.39, 0.29) is 23.7 Å². The van der Waals surface area contributed by atoms with Crippen LogP contribution in [0.25, 0.3) is 0 Å². The fourth-order valence-electron chi connectivity index (χ4n) is 6.27. The highest BCUT2D eigenvalue weighted by Crippen LogP contribution is 2.28. The van der Waals surface area contributed by atoms with Crippen molar-refractivity contribution in [1.29, 1.82) is 0 Å². The molecule has 2 amide bonds. The molecule has 1 unspecified atom stereocenters. The molecule has 2 aromatic carbocycles. The average molecular weight is 551 g/mol. The fraction of sp³-hybridized carbons (Fsp3) is 0.576. The number of rotatable bonds is 13. The highest BCUT2D eigenvalue weighted by molar-refractivity contribution is 5.89. The lowest BCUT2D eigenvalue weighted by atomic mass is 9.94. The van der Waals surface area contributed by atoms with E-state index in [2.05, 4.69) is 53.2 Å². The van der Waals surface area contributed by atoms with Gasteiger partial charge in [0.15, 0.2) is 0 Å². The maximum absolute atomic E-state index is 14.0. The fourth-order valence-corrected chi connectivity index (χ4v) is 6.27. The van der Waals surface area contributed by atoms with Gasteiger partial charge in [0, 0.05) is 37.8 Å². The lowest BCUT2D eigenvalue weighted by Gasteiger charge is -2.35. The maximum Gasteiger partial charge on any atom is 0.247 e. The Balaban J connectivity index is 1.56. The van der Waals surface area contributed by atoms with Gasteiger partial charge < -0.3 is 20.0 Å². The first-order valence-corrected chi connectivity index (χ1v) is 15.4. The number of nitrogens with zero attached hydrogens (tertiary/aromatic N) is 3. The quantitative estimate of drug-likeness (QED) is 0.347. The molecule has 6 nitrogen and oxygen atoms in total. The topological polar surface area (TPSA) is 55.9 Å². The summed E-state index contributed by atoms with van der Waals surface area (Å²) in [6, 6.07) is 13.9. The van der Waals surface area contributed by atoms with Gasteiger partial charge in [-0.05, 0) is 81.1 Å². The number of halogens is 1. The Labute approximate surface area is 239 Å². The lowest BCUT2D eigenvalue weighted by molar-refractivity contribution is -0.141. The molecule has 1 fully saturated rings. The van der Waals surface area contributed by atoms with E-state index in [0.717, 1.165) is 71.1 Å². The van der Waals surface area contributed by atoms with Gasteiger partial charge in [-0.25, -0.2) is 4.39 Å². The molecule has 1 heterocycles. The monoisotopic (exact) mass is 550 g/mol. The number of benzene rings is 2. The van der Waals surface area contributed by atoms with Crippen LogP contribution in [-0.2, 0) is 16.0 Å². The van der Waals surface area contributed by atoms with Gasteiger partial charge in [-0.3, -0.25) is 9.59 Å². The van der Waals surface area contributed by atoms with Crippen LogP contribution in [0, 0.1) is 5.82 Å². The van der Waals surface area contributed by atoms with Crippen LogP contribution in [0.15, 0.2) is 48.5 Å². The number of hydrogen-bond donors (Lipinski definition) is 1. The number of nitrogens with one attached hydrogen (secondary N) is 1. The zero-order chi connectivity index (χ0) is 28.3. The van der Waals surface area contributed by atoms with Crippen molar-refractivity contribution >= 4 is 17.5 Å². The third-order valence-corrected chi connectivity index (χ3v) is 8.59. The molecule has 1 atom stereocenters. The zero-order valence-corrected chi connectivity index (χ0v) is 24.4. The number of para-hydroxylation sites is 1. The SMILES string of the molecule is CCN(CC)CCCN(C(=O)CCN1CCCc2ccccc21)C(C(=O)NC1CCCCC1)c1ccc(F)cc1. The van der Waals surface area contributed by atoms with Crippen molar-refractivity contribution in [3.63, 3.8) is 0 Å². The van der Waals surface area contributed by atoms with E-state index in [1.807, 2.05) is 0 Å². The molecule has 0 aromatic heterocycles. The Bertz CT molecular complexity index is 1080. The Morgan fingerprint density at radius 1 is 0.975 bits per heavy atom. The van der Waals surface area contributed by atoms with Crippen molar-refractivity contribution in [2.45, 2.75) is 83.7 Å². The molecule has 0 spiro atoms. The van der Waals surface area contributed by atoms with E-state index >= 15 is 0 Å². The molecule has 0 bridgehead atoms. The second-order valence-corrected chi connectivity index (χ2v) is 11.2. The highest BCUT2D eigenvalue weighted by atomic mass is 19.1. The summed E-state index contributed by atoms with van der Waals surface area (Å²) in [6.45, 7) is 9.05. The first-order valence-electron chi connectivity index (χ1n) is 15.4. The van der Waals surface area contributed by atoms with Gasteiger partial charge in [-0.15, -0.1) is 0 Å². The highest BCUT2D eigenvalue weighted by Gasteiger charge is 2.33. The molecular formula is C33H47FN4O2. The molecule has 2 aliphatic rings. The molecule has 4 rings (SSSR count). The summed E-state index contributed by atoms with van der Waals surface area (Å²) in [7, 11) is 0. The summed E-state index contributed by atoms with van der Waals surface area (Å²) in [5.74, 6) is -0.535. The van der Waals surface area contributed by atoms with Gasteiger partial charge in [0.2, 0.25) is 11.8 Å². The normalized spacial score (nSPS) is 16.4. The predicted molar refractivity (Wildman–Crippen MR) is 160 cm³/mol. The van der Waals surface area contributed by atoms with Crippen molar-refractivity contribution < 1.29 is 14.0 Å². The number of hydrogen-bond acceptors (Lipinski definition) is 4. The molecule has 2 aromatic rings. The van der Waals surface area contributed by atoms with E-state index < -0.39 is 6.04 Å². The van der Waals surface area contributed by atoms with E-state index in [1.54, 1.807) is 17.0 Å². The standard InChI is InChI=1S/C33H47FN4O2/c1-3-36(4-2)22-11-24-38(31(39)21-25-37-23-10-13-26-12-8-9-16-30(26)37)32(27-17-19-28(34)20-18-27)33(40)35-29-14-6-5-7-15-29/h8-9,12,16-20,29,32H,3-7,10-11,13-15,21-25H2,1-2H3,(H,35,40). The van der Waals surface area contributed by atoms with Crippen molar-refractivity contribution in [2.75, 3.05) is 44.2 Å². The van der Waals surface area contributed by atoms with Gasteiger partial charge in [0.25, 0.3) is 0 Å². The van der Waals surface area contributed by atoms with Crippen molar-refractivity contribution in [3.8, 4) is 0 Å². The van der Waals surface area contributed by atoms with Crippen molar-refractivity contribution in [3.05, 3.63) is 65.5 Å². The Hall–Kier alpha value is -2.93. The van der Waals surface area contributed by atoms with Gasteiger partial charge in [0.1, 0.15) is 11.9 Å². The van der Waals surface area contributed by atoms with Crippen LogP contribution in [0.1, 0.15) is 82.4 Å². The molecule has 1 saturated carbocycles. The summed E-state index contributed by atoms with van der Waals surface area (Å²) < 4.78 is 13.9. The number of carbonyl (C=O) groups excluding carboxylic acids is 2. The van der Waals surface area contributed by atoms with Crippen LogP contribution in [0.5, 0.6) is 0 Å². The van der Waals surface area contributed by atoms with Gasteiger partial charge in [0.05, 0.1) is 0 Å². The van der Waals surface area contributed by atoms with E-state index in [4.69, 9.17) is 0 Å². The van der Waals surface area contributed by atoms with Crippen LogP contribution in [0.2, 0.25) is 0 Å². The van der Waals surface area contributed by atoms with Crippen LogP contribution >= 0.6 is 0 Å². The van der Waals surface area contributed by atoms with E-state index in [9.17, 15) is 14.0 Å². The van der Waals surface area contributed by atoms with Gasteiger partial charge >= 0.3 is 0 Å². The molecule has 40 heavy (non-hydrogen) atoms.